The molecule has 100 valence electrons. The van der Waals surface area contributed by atoms with Crippen LogP contribution in [-0.4, -0.2) is 16.7 Å². The van der Waals surface area contributed by atoms with Crippen molar-refractivity contribution in [2.75, 3.05) is 0 Å². The number of nitrogens with one attached hydrogen (secondary N) is 1. The van der Waals surface area contributed by atoms with Gasteiger partial charge in [0.25, 0.3) is 0 Å². The molecule has 0 atom stereocenters. The fourth-order valence-corrected chi connectivity index (χ4v) is 1.85. The minimum absolute atomic E-state index is 0.372. The number of nitriles is 1. The first-order valence-electron chi connectivity index (χ1n) is 6.22. The van der Waals surface area contributed by atoms with Crippen LogP contribution < -0.4 is 5.32 Å². The Balaban J connectivity index is 2.07. The summed E-state index contributed by atoms with van der Waals surface area (Å²) in [6.07, 6.45) is 2.94. The zero-order chi connectivity index (χ0) is 14.1. The molecule has 0 saturated heterocycles. The monoisotopic (exact) mass is 259 g/mol. The Kier molecular flexibility index (Phi) is 3.19. The van der Waals surface area contributed by atoms with Crippen molar-refractivity contribution in [2.45, 2.75) is 44.8 Å². The van der Waals surface area contributed by atoms with Gasteiger partial charge in [-0.2, -0.15) is 5.26 Å². The highest BCUT2D eigenvalue weighted by molar-refractivity contribution is 5.70. The normalized spacial score (nSPS) is 16.3. The number of rotatable bonds is 2. The number of pyridine rings is 1. The Bertz CT molecular complexity index is 519. The molecule has 5 nitrogen and oxygen atoms in total. The second-order valence-electron chi connectivity index (χ2n) is 5.75. The number of carbonyl (C=O) groups is 1. The van der Waals surface area contributed by atoms with Gasteiger partial charge in [-0.15, -0.1) is 0 Å². The summed E-state index contributed by atoms with van der Waals surface area (Å²) in [5, 5.41) is 11.6. The van der Waals surface area contributed by atoms with Gasteiger partial charge in [-0.1, -0.05) is 6.07 Å². The highest BCUT2D eigenvalue weighted by Gasteiger charge is 2.46. The highest BCUT2D eigenvalue weighted by atomic mass is 16.6. The molecule has 0 aromatic carbocycles. The summed E-state index contributed by atoms with van der Waals surface area (Å²) < 4.78 is 5.26. The lowest BCUT2D eigenvalue weighted by Crippen LogP contribution is -2.39. The predicted octanol–water partition coefficient (Wildman–Crippen LogP) is 2.47. The highest BCUT2D eigenvalue weighted by Crippen LogP contribution is 2.45. The number of amides is 1. The fourth-order valence-electron chi connectivity index (χ4n) is 1.85. The van der Waals surface area contributed by atoms with Crippen LogP contribution in [0.25, 0.3) is 0 Å². The topological polar surface area (TPSA) is 75.0 Å². The summed E-state index contributed by atoms with van der Waals surface area (Å²) >= 11 is 0. The molecule has 1 fully saturated rings. The van der Waals surface area contributed by atoms with E-state index in [2.05, 4.69) is 10.3 Å². The molecule has 0 radical (unpaired) electrons. The number of ether oxygens (including phenoxy) is 1. The van der Waals surface area contributed by atoms with Crippen LogP contribution in [0.1, 0.15) is 44.9 Å². The van der Waals surface area contributed by atoms with E-state index in [1.54, 1.807) is 12.3 Å². The molecule has 1 aromatic rings. The van der Waals surface area contributed by atoms with Crippen LogP contribution >= 0.6 is 0 Å². The van der Waals surface area contributed by atoms with E-state index in [0.29, 0.717) is 5.69 Å². The first kappa shape index (κ1) is 13.3. The molecule has 5 heteroatoms. The molecule has 0 bridgehead atoms. The van der Waals surface area contributed by atoms with Gasteiger partial charge in [0.15, 0.2) is 0 Å². The zero-order valence-corrected chi connectivity index (χ0v) is 11.4. The molecular formula is C14H17N3O2. The maximum absolute atomic E-state index is 11.8. The molecule has 2 rings (SSSR count). The quantitative estimate of drug-likeness (QED) is 0.885. The molecule has 1 aliphatic rings. The van der Waals surface area contributed by atoms with Gasteiger partial charge in [-0.3, -0.25) is 0 Å². The Morgan fingerprint density at radius 3 is 2.58 bits per heavy atom. The molecule has 1 heterocycles. The lowest BCUT2D eigenvalue weighted by atomic mass is 10.1. The van der Waals surface area contributed by atoms with E-state index in [1.807, 2.05) is 32.9 Å². The fraction of sp³-hybridized carbons (Fsp3) is 0.500. The molecule has 0 spiro atoms. The van der Waals surface area contributed by atoms with Crippen LogP contribution in [0, 0.1) is 11.3 Å². The van der Waals surface area contributed by atoms with Crippen LogP contribution in [0.4, 0.5) is 4.79 Å². The number of aromatic nitrogens is 1. The number of alkyl carbamates (subject to hydrolysis) is 1. The van der Waals surface area contributed by atoms with Crippen molar-refractivity contribution < 1.29 is 9.53 Å². The lowest BCUT2D eigenvalue weighted by molar-refractivity contribution is 0.0495. The summed E-state index contributed by atoms with van der Waals surface area (Å²) in [5.74, 6) is 0. The largest absolute Gasteiger partial charge is 0.444 e. The van der Waals surface area contributed by atoms with Gasteiger partial charge < -0.3 is 10.1 Å². The van der Waals surface area contributed by atoms with E-state index >= 15 is 0 Å². The molecule has 1 N–H and O–H groups in total. The molecular weight excluding hydrogens is 242 g/mol. The maximum Gasteiger partial charge on any atom is 0.408 e. The van der Waals surface area contributed by atoms with Crippen molar-refractivity contribution >= 4 is 6.09 Å². The Morgan fingerprint density at radius 2 is 2.16 bits per heavy atom. The third-order valence-electron chi connectivity index (χ3n) is 2.92. The second kappa shape index (κ2) is 4.54. The predicted molar refractivity (Wildman–Crippen MR) is 69.2 cm³/mol. The number of hydrogen-bond acceptors (Lipinski definition) is 4. The van der Waals surface area contributed by atoms with E-state index in [9.17, 15) is 4.79 Å². The van der Waals surface area contributed by atoms with Crippen LogP contribution in [0.2, 0.25) is 0 Å². The smallest absolute Gasteiger partial charge is 0.408 e. The minimum atomic E-state index is -0.511. The maximum atomic E-state index is 11.8. The summed E-state index contributed by atoms with van der Waals surface area (Å²) in [7, 11) is 0. The van der Waals surface area contributed by atoms with Crippen molar-refractivity contribution in [3.05, 3.63) is 29.6 Å². The molecule has 1 aromatic heterocycles. The standard InChI is InChI=1S/C14H17N3O2/c1-13(2,3)19-12(18)17-14(6-7-14)10-4-5-11(8-15)16-9-10/h4-5,9H,6-7H2,1-3H3,(H,17,18). The Labute approximate surface area is 112 Å². The number of nitrogens with zero attached hydrogens (tertiary/aromatic N) is 2. The van der Waals surface area contributed by atoms with Crippen LogP contribution in [0.3, 0.4) is 0 Å². The third kappa shape index (κ3) is 3.22. The molecule has 1 amide bonds. The second-order valence-corrected chi connectivity index (χ2v) is 5.75. The number of hydrogen-bond donors (Lipinski definition) is 1. The van der Waals surface area contributed by atoms with Crippen molar-refractivity contribution in [3.8, 4) is 6.07 Å². The van der Waals surface area contributed by atoms with Gasteiger partial charge in [0, 0.05) is 6.20 Å². The SMILES string of the molecule is CC(C)(C)OC(=O)NC1(c2ccc(C#N)nc2)CC1. The van der Waals surface area contributed by atoms with E-state index in [0.717, 1.165) is 18.4 Å². The summed E-state index contributed by atoms with van der Waals surface area (Å²) in [6, 6.07) is 5.46. The summed E-state index contributed by atoms with van der Waals surface area (Å²) in [6.45, 7) is 5.49. The first-order chi connectivity index (χ1) is 8.85. The summed E-state index contributed by atoms with van der Waals surface area (Å²) in [4.78, 5) is 15.8. The van der Waals surface area contributed by atoms with Crippen LogP contribution in [-0.2, 0) is 10.3 Å². The van der Waals surface area contributed by atoms with Crippen molar-refractivity contribution in [1.29, 1.82) is 5.26 Å². The molecule has 1 aliphatic carbocycles. The molecule has 19 heavy (non-hydrogen) atoms. The van der Waals surface area contributed by atoms with E-state index in [1.165, 1.54) is 0 Å². The first-order valence-corrected chi connectivity index (χ1v) is 6.22. The average molecular weight is 259 g/mol. The minimum Gasteiger partial charge on any atom is -0.444 e. The molecule has 1 saturated carbocycles. The van der Waals surface area contributed by atoms with Gasteiger partial charge in [-0.25, -0.2) is 9.78 Å². The lowest BCUT2D eigenvalue weighted by Gasteiger charge is -2.23. The number of carbonyl (C=O) groups excluding carboxylic acids is 1. The van der Waals surface area contributed by atoms with Crippen molar-refractivity contribution in [1.82, 2.24) is 10.3 Å². The van der Waals surface area contributed by atoms with Crippen molar-refractivity contribution in [3.63, 3.8) is 0 Å². The molecule has 0 aliphatic heterocycles. The Morgan fingerprint density at radius 1 is 1.47 bits per heavy atom. The molecule has 0 unspecified atom stereocenters. The van der Waals surface area contributed by atoms with Gasteiger partial charge >= 0.3 is 6.09 Å². The van der Waals surface area contributed by atoms with Crippen molar-refractivity contribution in [2.24, 2.45) is 0 Å². The zero-order valence-electron chi connectivity index (χ0n) is 11.4. The third-order valence-corrected chi connectivity index (χ3v) is 2.92. The van der Waals surface area contributed by atoms with Gasteiger partial charge in [0.05, 0.1) is 5.54 Å². The van der Waals surface area contributed by atoms with Crippen LogP contribution in [0.5, 0.6) is 0 Å². The van der Waals surface area contributed by atoms with Crippen LogP contribution in [0.15, 0.2) is 18.3 Å². The summed E-state index contributed by atoms with van der Waals surface area (Å²) in [5.41, 5.74) is 0.404. The van der Waals surface area contributed by atoms with Gasteiger partial charge in [-0.05, 0) is 45.2 Å². The van der Waals surface area contributed by atoms with E-state index in [4.69, 9.17) is 10.00 Å². The van der Waals surface area contributed by atoms with E-state index in [-0.39, 0.29) is 5.54 Å². The van der Waals surface area contributed by atoms with Gasteiger partial charge in [0.2, 0.25) is 0 Å². The average Bonchev–Trinajstić information content (AvgIpc) is 3.07. The Hall–Kier alpha value is -2.09. The van der Waals surface area contributed by atoms with E-state index < -0.39 is 11.7 Å². The van der Waals surface area contributed by atoms with Gasteiger partial charge in [0.1, 0.15) is 17.4 Å².